The SMILES string of the molecule is CN1CCCc2onc(N)c21. The molecule has 4 heteroatoms. The summed E-state index contributed by atoms with van der Waals surface area (Å²) in [7, 11) is 2.01. The molecule has 0 unspecified atom stereocenters. The highest BCUT2D eigenvalue weighted by Gasteiger charge is 2.21. The van der Waals surface area contributed by atoms with Gasteiger partial charge in [0, 0.05) is 20.0 Å². The van der Waals surface area contributed by atoms with Crippen molar-refractivity contribution in [2.45, 2.75) is 12.8 Å². The average molecular weight is 153 g/mol. The molecule has 0 aliphatic carbocycles. The number of anilines is 2. The van der Waals surface area contributed by atoms with Crippen molar-refractivity contribution in [1.82, 2.24) is 5.16 Å². The molecular weight excluding hydrogens is 142 g/mol. The van der Waals surface area contributed by atoms with Crippen molar-refractivity contribution in [3.05, 3.63) is 5.76 Å². The summed E-state index contributed by atoms with van der Waals surface area (Å²) in [6, 6.07) is 0. The summed E-state index contributed by atoms with van der Waals surface area (Å²) in [6.45, 7) is 1.04. The lowest BCUT2D eigenvalue weighted by Crippen LogP contribution is -2.24. The molecule has 0 saturated carbocycles. The highest BCUT2D eigenvalue weighted by molar-refractivity contribution is 5.66. The second-order valence-electron chi connectivity index (χ2n) is 2.86. The van der Waals surface area contributed by atoms with Gasteiger partial charge in [-0.1, -0.05) is 5.16 Å². The van der Waals surface area contributed by atoms with Gasteiger partial charge in [-0.2, -0.15) is 0 Å². The summed E-state index contributed by atoms with van der Waals surface area (Å²) in [6.07, 6.45) is 2.09. The molecule has 0 aromatic carbocycles. The first-order valence-electron chi connectivity index (χ1n) is 3.74. The fourth-order valence-electron chi connectivity index (χ4n) is 1.49. The Morgan fingerprint density at radius 2 is 2.45 bits per heavy atom. The van der Waals surface area contributed by atoms with Crippen molar-refractivity contribution >= 4 is 11.5 Å². The van der Waals surface area contributed by atoms with Crippen LogP contribution in [0.3, 0.4) is 0 Å². The molecule has 0 atom stereocenters. The number of nitrogens with zero attached hydrogens (tertiary/aromatic N) is 2. The first kappa shape index (κ1) is 6.52. The number of nitrogen functional groups attached to an aromatic ring is 1. The molecule has 0 bridgehead atoms. The van der Waals surface area contributed by atoms with Crippen molar-refractivity contribution < 1.29 is 4.52 Å². The minimum absolute atomic E-state index is 0.516. The molecule has 1 aliphatic rings. The first-order valence-corrected chi connectivity index (χ1v) is 3.74. The van der Waals surface area contributed by atoms with Crippen LogP contribution in [-0.2, 0) is 6.42 Å². The smallest absolute Gasteiger partial charge is 0.190 e. The third-order valence-electron chi connectivity index (χ3n) is 2.04. The predicted molar refractivity (Wildman–Crippen MR) is 42.5 cm³/mol. The second-order valence-corrected chi connectivity index (χ2v) is 2.86. The molecule has 1 aliphatic heterocycles. The Kier molecular flexibility index (Phi) is 1.27. The summed E-state index contributed by atoms with van der Waals surface area (Å²) in [5, 5.41) is 3.71. The van der Waals surface area contributed by atoms with Crippen LogP contribution in [0.2, 0.25) is 0 Å². The van der Waals surface area contributed by atoms with Gasteiger partial charge < -0.3 is 15.2 Å². The van der Waals surface area contributed by atoms with E-state index in [0.29, 0.717) is 5.82 Å². The molecule has 0 saturated heterocycles. The van der Waals surface area contributed by atoms with E-state index in [4.69, 9.17) is 10.3 Å². The van der Waals surface area contributed by atoms with E-state index in [2.05, 4.69) is 10.1 Å². The van der Waals surface area contributed by atoms with E-state index in [-0.39, 0.29) is 0 Å². The first-order chi connectivity index (χ1) is 5.29. The second kappa shape index (κ2) is 2.15. The van der Waals surface area contributed by atoms with E-state index < -0.39 is 0 Å². The normalized spacial score (nSPS) is 16.6. The third-order valence-corrected chi connectivity index (χ3v) is 2.04. The zero-order chi connectivity index (χ0) is 7.84. The summed E-state index contributed by atoms with van der Waals surface area (Å²) < 4.78 is 5.04. The topological polar surface area (TPSA) is 55.3 Å². The maximum absolute atomic E-state index is 5.61. The van der Waals surface area contributed by atoms with Crippen LogP contribution < -0.4 is 10.6 Å². The Labute approximate surface area is 65.0 Å². The number of rotatable bonds is 0. The van der Waals surface area contributed by atoms with Crippen LogP contribution in [0.4, 0.5) is 11.5 Å². The summed E-state index contributed by atoms with van der Waals surface area (Å²) in [4.78, 5) is 2.09. The molecular formula is C7H11N3O. The van der Waals surface area contributed by atoms with Gasteiger partial charge in [-0.15, -0.1) is 0 Å². The average Bonchev–Trinajstić information content (AvgIpc) is 2.34. The van der Waals surface area contributed by atoms with Gasteiger partial charge in [0.25, 0.3) is 0 Å². The van der Waals surface area contributed by atoms with Crippen LogP contribution in [0.5, 0.6) is 0 Å². The van der Waals surface area contributed by atoms with Gasteiger partial charge in [-0.3, -0.25) is 0 Å². The number of aromatic nitrogens is 1. The van der Waals surface area contributed by atoms with Gasteiger partial charge in [-0.05, 0) is 6.42 Å². The zero-order valence-electron chi connectivity index (χ0n) is 6.50. The third kappa shape index (κ3) is 0.859. The Morgan fingerprint density at radius 1 is 1.64 bits per heavy atom. The Morgan fingerprint density at radius 3 is 3.18 bits per heavy atom. The largest absolute Gasteiger partial charge is 0.379 e. The van der Waals surface area contributed by atoms with Gasteiger partial charge in [0.2, 0.25) is 0 Å². The van der Waals surface area contributed by atoms with Gasteiger partial charge >= 0.3 is 0 Å². The quantitative estimate of drug-likeness (QED) is 0.594. The van der Waals surface area contributed by atoms with Crippen LogP contribution in [0.1, 0.15) is 12.2 Å². The van der Waals surface area contributed by atoms with E-state index in [0.717, 1.165) is 30.8 Å². The molecule has 2 N–H and O–H groups in total. The maximum atomic E-state index is 5.61. The highest BCUT2D eigenvalue weighted by Crippen LogP contribution is 2.30. The predicted octanol–water partition coefficient (Wildman–Crippen LogP) is 0.639. The molecule has 0 radical (unpaired) electrons. The van der Waals surface area contributed by atoms with Crippen molar-refractivity contribution in [2.24, 2.45) is 0 Å². The summed E-state index contributed by atoms with van der Waals surface area (Å²) in [5.41, 5.74) is 6.59. The Balaban J connectivity index is 2.48. The highest BCUT2D eigenvalue weighted by atomic mass is 16.5. The maximum Gasteiger partial charge on any atom is 0.190 e. The number of hydrogen-bond acceptors (Lipinski definition) is 4. The van der Waals surface area contributed by atoms with Crippen LogP contribution in [0.25, 0.3) is 0 Å². The molecule has 2 heterocycles. The standard InChI is InChI=1S/C7H11N3O/c1-10-4-2-3-5-6(10)7(8)9-11-5/h2-4H2,1H3,(H2,8,9). The van der Waals surface area contributed by atoms with Crippen LogP contribution in [-0.4, -0.2) is 18.7 Å². The van der Waals surface area contributed by atoms with E-state index in [1.54, 1.807) is 0 Å². The lowest BCUT2D eigenvalue weighted by molar-refractivity contribution is 0.380. The van der Waals surface area contributed by atoms with E-state index in [9.17, 15) is 0 Å². The summed E-state index contributed by atoms with van der Waals surface area (Å²) in [5.74, 6) is 1.44. The van der Waals surface area contributed by atoms with Gasteiger partial charge in [0.05, 0.1) is 0 Å². The summed E-state index contributed by atoms with van der Waals surface area (Å²) >= 11 is 0. The lowest BCUT2D eigenvalue weighted by Gasteiger charge is -2.22. The Bertz CT molecular complexity index is 269. The lowest BCUT2D eigenvalue weighted by atomic mass is 10.1. The minimum atomic E-state index is 0.516. The van der Waals surface area contributed by atoms with Crippen molar-refractivity contribution in [2.75, 3.05) is 24.2 Å². The van der Waals surface area contributed by atoms with Crippen molar-refractivity contribution in [3.8, 4) is 0 Å². The minimum Gasteiger partial charge on any atom is -0.379 e. The fourth-order valence-corrected chi connectivity index (χ4v) is 1.49. The molecule has 4 nitrogen and oxygen atoms in total. The molecule has 1 aromatic heterocycles. The molecule has 60 valence electrons. The van der Waals surface area contributed by atoms with Crippen LogP contribution in [0.15, 0.2) is 4.52 Å². The van der Waals surface area contributed by atoms with Crippen molar-refractivity contribution in [3.63, 3.8) is 0 Å². The molecule has 0 amide bonds. The number of aryl methyl sites for hydroxylation is 1. The fraction of sp³-hybridized carbons (Fsp3) is 0.571. The monoisotopic (exact) mass is 153 g/mol. The molecule has 11 heavy (non-hydrogen) atoms. The van der Waals surface area contributed by atoms with Gasteiger partial charge in [0.15, 0.2) is 11.6 Å². The molecule has 1 aromatic rings. The number of fused-ring (bicyclic) bond motifs is 1. The van der Waals surface area contributed by atoms with Crippen LogP contribution >= 0.6 is 0 Å². The molecule has 2 rings (SSSR count). The van der Waals surface area contributed by atoms with E-state index >= 15 is 0 Å². The van der Waals surface area contributed by atoms with Crippen molar-refractivity contribution in [1.29, 1.82) is 0 Å². The molecule has 0 fully saturated rings. The van der Waals surface area contributed by atoms with E-state index in [1.807, 2.05) is 7.05 Å². The number of nitrogens with two attached hydrogens (primary N) is 1. The van der Waals surface area contributed by atoms with Gasteiger partial charge in [-0.25, -0.2) is 0 Å². The van der Waals surface area contributed by atoms with E-state index in [1.165, 1.54) is 0 Å². The van der Waals surface area contributed by atoms with Crippen LogP contribution in [0, 0.1) is 0 Å². The zero-order valence-corrected chi connectivity index (χ0v) is 6.50. The molecule has 0 spiro atoms. The Hall–Kier alpha value is -1.19. The number of hydrogen-bond donors (Lipinski definition) is 1. The van der Waals surface area contributed by atoms with Gasteiger partial charge in [0.1, 0.15) is 5.69 Å².